The molecule has 0 radical (unpaired) electrons. The van der Waals surface area contributed by atoms with Gasteiger partial charge in [-0.05, 0) is 46.3 Å². The Balaban J connectivity index is 1.51. The molecule has 0 amide bonds. The summed E-state index contributed by atoms with van der Waals surface area (Å²) in [4.78, 5) is 2.62. The Labute approximate surface area is 227 Å². The minimum Gasteiger partial charge on any atom is -0.374 e. The maximum Gasteiger partial charge on any atom is 0.329 e. The molecule has 2 nitrogen and oxygen atoms in total. The van der Waals surface area contributed by atoms with Gasteiger partial charge in [-0.25, -0.2) is 0 Å². The van der Waals surface area contributed by atoms with Gasteiger partial charge in [-0.2, -0.15) is 0 Å². The first-order chi connectivity index (χ1) is 19.4. The van der Waals surface area contributed by atoms with E-state index < -0.39 is 0 Å². The molecule has 2 aliphatic rings. The molecule has 0 aliphatic carbocycles. The molecule has 7 aromatic rings. The van der Waals surface area contributed by atoms with Crippen molar-refractivity contribution in [2.75, 3.05) is 4.81 Å². The molecule has 3 heterocycles. The number of hydrogen-bond acceptors (Lipinski definition) is 1. The Hall–Kier alpha value is -5.02. The van der Waals surface area contributed by atoms with E-state index in [-0.39, 0.29) is 6.85 Å². The Morgan fingerprint density at radius 1 is 0.436 bits per heavy atom. The van der Waals surface area contributed by atoms with Crippen LogP contribution in [0, 0.1) is 0 Å². The van der Waals surface area contributed by atoms with E-state index in [0.29, 0.717) is 0 Å². The molecule has 1 aromatic heterocycles. The molecule has 3 heteroatoms. The second-order valence-electron chi connectivity index (χ2n) is 10.5. The highest BCUT2D eigenvalue weighted by atomic mass is 15.1. The number of anilines is 2. The van der Waals surface area contributed by atoms with Gasteiger partial charge in [0.1, 0.15) is 0 Å². The van der Waals surface area contributed by atoms with E-state index in [1.165, 1.54) is 72.0 Å². The lowest BCUT2D eigenvalue weighted by Crippen LogP contribution is -2.59. The van der Waals surface area contributed by atoms with Gasteiger partial charge in [0, 0.05) is 33.3 Å². The van der Waals surface area contributed by atoms with Gasteiger partial charge in [-0.3, -0.25) is 0 Å². The fourth-order valence-corrected chi connectivity index (χ4v) is 7.05. The molecule has 2 aliphatic heterocycles. The van der Waals surface area contributed by atoms with Gasteiger partial charge >= 0.3 is 6.85 Å². The van der Waals surface area contributed by atoms with Gasteiger partial charge in [-0.15, -0.1) is 0 Å². The van der Waals surface area contributed by atoms with Crippen molar-refractivity contribution in [3.63, 3.8) is 0 Å². The smallest absolute Gasteiger partial charge is 0.329 e. The lowest BCUT2D eigenvalue weighted by molar-refractivity contribution is 1.17. The maximum atomic E-state index is 2.62. The van der Waals surface area contributed by atoms with Crippen molar-refractivity contribution in [3.8, 4) is 27.9 Å². The summed E-state index contributed by atoms with van der Waals surface area (Å²) in [5, 5.41) is 2.56. The van der Waals surface area contributed by atoms with Crippen molar-refractivity contribution in [1.29, 1.82) is 0 Å². The molecule has 0 fully saturated rings. The number of benzene rings is 6. The summed E-state index contributed by atoms with van der Waals surface area (Å²) in [7, 11) is 0. The predicted molar refractivity (Wildman–Crippen MR) is 165 cm³/mol. The Kier molecular flexibility index (Phi) is 4.17. The van der Waals surface area contributed by atoms with Gasteiger partial charge in [0.05, 0.1) is 16.7 Å². The normalized spacial score (nSPS) is 13.0. The molecule has 39 heavy (non-hydrogen) atoms. The Bertz CT molecular complexity index is 2090. The zero-order valence-electron chi connectivity index (χ0n) is 21.3. The molecule has 180 valence electrons. The highest BCUT2D eigenvalue weighted by molar-refractivity contribution is 6.92. The highest BCUT2D eigenvalue weighted by Crippen LogP contribution is 2.50. The van der Waals surface area contributed by atoms with Gasteiger partial charge < -0.3 is 9.38 Å². The number of para-hydroxylation sites is 3. The highest BCUT2D eigenvalue weighted by Gasteiger charge is 2.43. The number of rotatable bonds is 1. The van der Waals surface area contributed by atoms with Crippen molar-refractivity contribution >= 4 is 51.0 Å². The molecule has 0 bridgehead atoms. The van der Waals surface area contributed by atoms with Crippen LogP contribution in [0.4, 0.5) is 11.4 Å². The zero-order valence-corrected chi connectivity index (χ0v) is 21.3. The first-order valence-corrected chi connectivity index (χ1v) is 13.6. The standard InChI is InChI=1S/C36H23BN2/c1-2-12-24(13-3-1)38-33-20-10-6-17-28(33)30-23-22-29-26-15-5-9-19-32(26)37-31-18-8-4-14-25(31)27-16-7-11-21-34(27)39(37)36(29)35(30)38/h1-23H. The number of fused-ring (bicyclic) bond motifs is 15. The van der Waals surface area contributed by atoms with E-state index in [9.17, 15) is 0 Å². The van der Waals surface area contributed by atoms with Crippen LogP contribution < -0.4 is 15.7 Å². The van der Waals surface area contributed by atoms with Crippen LogP contribution in [-0.2, 0) is 0 Å². The van der Waals surface area contributed by atoms with Gasteiger partial charge in [-0.1, -0.05) is 115 Å². The molecule has 0 spiro atoms. The third-order valence-corrected chi connectivity index (χ3v) is 8.58. The Morgan fingerprint density at radius 3 is 1.85 bits per heavy atom. The average molecular weight is 494 g/mol. The SMILES string of the molecule is c1ccc(-n2c3ccccc3c3ccc4c(c32)N2B(c3ccccc3-c3ccccc32)c2ccccc2-4)cc1. The first kappa shape index (κ1) is 21.0. The topological polar surface area (TPSA) is 8.17 Å². The number of aromatic nitrogens is 1. The monoisotopic (exact) mass is 494 g/mol. The van der Waals surface area contributed by atoms with Crippen molar-refractivity contribution in [2.24, 2.45) is 0 Å². The summed E-state index contributed by atoms with van der Waals surface area (Å²) < 4.78 is 2.47. The van der Waals surface area contributed by atoms with E-state index in [4.69, 9.17) is 0 Å². The molecule has 0 saturated carbocycles. The minimum atomic E-state index is 0.0904. The van der Waals surface area contributed by atoms with Crippen LogP contribution >= 0.6 is 0 Å². The second kappa shape index (κ2) is 7.75. The van der Waals surface area contributed by atoms with E-state index in [1.807, 2.05) is 0 Å². The average Bonchev–Trinajstić information content (AvgIpc) is 3.36. The zero-order chi connectivity index (χ0) is 25.5. The summed E-state index contributed by atoms with van der Waals surface area (Å²) in [6, 6.07) is 51.1. The molecule has 0 saturated heterocycles. The summed E-state index contributed by atoms with van der Waals surface area (Å²) in [5.74, 6) is 0. The van der Waals surface area contributed by atoms with Crippen molar-refractivity contribution in [3.05, 3.63) is 140 Å². The van der Waals surface area contributed by atoms with Crippen LogP contribution in [0.2, 0.25) is 0 Å². The summed E-state index contributed by atoms with van der Waals surface area (Å²) in [5.41, 5.74) is 14.1. The summed E-state index contributed by atoms with van der Waals surface area (Å²) in [6.07, 6.45) is 0. The van der Waals surface area contributed by atoms with E-state index >= 15 is 0 Å². The predicted octanol–water partition coefficient (Wildman–Crippen LogP) is 7.69. The second-order valence-corrected chi connectivity index (χ2v) is 10.5. The molecule has 0 atom stereocenters. The quantitative estimate of drug-likeness (QED) is 0.213. The van der Waals surface area contributed by atoms with Crippen LogP contribution in [0.5, 0.6) is 0 Å². The number of hydrogen-bond donors (Lipinski definition) is 0. The van der Waals surface area contributed by atoms with Gasteiger partial charge in [0.15, 0.2) is 0 Å². The largest absolute Gasteiger partial charge is 0.374 e. The van der Waals surface area contributed by atoms with Crippen molar-refractivity contribution < 1.29 is 0 Å². The molecule has 0 N–H and O–H groups in total. The third-order valence-electron chi connectivity index (χ3n) is 8.58. The van der Waals surface area contributed by atoms with E-state index in [0.717, 1.165) is 0 Å². The molecular formula is C36H23BN2. The van der Waals surface area contributed by atoms with Crippen molar-refractivity contribution in [1.82, 2.24) is 4.57 Å². The summed E-state index contributed by atoms with van der Waals surface area (Å²) >= 11 is 0. The van der Waals surface area contributed by atoms with Crippen LogP contribution in [0.3, 0.4) is 0 Å². The van der Waals surface area contributed by atoms with Crippen LogP contribution in [0.25, 0.3) is 49.7 Å². The minimum absolute atomic E-state index is 0.0904. The van der Waals surface area contributed by atoms with Gasteiger partial charge in [0.25, 0.3) is 0 Å². The molecule has 0 unspecified atom stereocenters. The molecular weight excluding hydrogens is 471 g/mol. The van der Waals surface area contributed by atoms with Gasteiger partial charge in [0.2, 0.25) is 0 Å². The van der Waals surface area contributed by atoms with E-state index in [2.05, 4.69) is 149 Å². The van der Waals surface area contributed by atoms with Crippen LogP contribution in [0.1, 0.15) is 0 Å². The third kappa shape index (κ3) is 2.72. The van der Waals surface area contributed by atoms with Crippen molar-refractivity contribution in [2.45, 2.75) is 0 Å². The van der Waals surface area contributed by atoms with E-state index in [1.54, 1.807) is 0 Å². The maximum absolute atomic E-state index is 2.62. The Morgan fingerprint density at radius 2 is 1.05 bits per heavy atom. The lowest BCUT2D eigenvalue weighted by Gasteiger charge is -2.43. The summed E-state index contributed by atoms with van der Waals surface area (Å²) in [6.45, 7) is 0.0904. The lowest BCUT2D eigenvalue weighted by atomic mass is 9.43. The molecule has 6 aromatic carbocycles. The molecule has 9 rings (SSSR count). The number of nitrogens with zero attached hydrogens (tertiary/aromatic N) is 2. The van der Waals surface area contributed by atoms with Crippen LogP contribution in [-0.4, -0.2) is 11.4 Å². The fraction of sp³-hybridized carbons (Fsp3) is 0. The first-order valence-electron chi connectivity index (χ1n) is 13.6. The van der Waals surface area contributed by atoms with Crippen LogP contribution in [0.15, 0.2) is 140 Å². The fourth-order valence-electron chi connectivity index (χ4n) is 7.05.